The Balaban J connectivity index is 0. The third-order valence-corrected chi connectivity index (χ3v) is 1.49. The fourth-order valence-corrected chi connectivity index (χ4v) is 0.659. The first-order valence-corrected chi connectivity index (χ1v) is 3.45. The fraction of sp³-hybridized carbons (Fsp3) is 0.667. The molecule has 0 spiro atoms. The molecule has 8 nitrogen and oxygen atoms in total. The zero-order valence-electron chi connectivity index (χ0n) is 7.77. The van der Waals surface area contributed by atoms with E-state index in [0.29, 0.717) is 0 Å². The standard InChI is InChI=1S/C6H10O8.K/c7-1(3(9)5(11)12)2(8)4(10)6(13)14;/h1-4,7-10H,(H,11,12)(H,13,14);/q;+1/p-1/t1-,2-,3-,4+;/m0./s1/i5+1;/t1-,2-,3+,4-;. The summed E-state index contributed by atoms with van der Waals surface area (Å²) < 4.78 is 0. The SMILES string of the molecule is O=C(O)[C@@H](O)[C@@H](O)[C@H](O)[C@@H](O)[13C](=O)[O-].[K+]. The summed E-state index contributed by atoms with van der Waals surface area (Å²) in [6.45, 7) is 0. The van der Waals surface area contributed by atoms with Gasteiger partial charge in [-0.25, -0.2) is 4.79 Å². The van der Waals surface area contributed by atoms with Crippen LogP contribution in [0, 0.1) is 0 Å². The summed E-state index contributed by atoms with van der Waals surface area (Å²) in [5.74, 6) is -3.95. The number of carboxylic acid groups (broad SMARTS) is 2. The maximum Gasteiger partial charge on any atom is 1.00 e. The molecule has 0 unspecified atom stereocenters. The van der Waals surface area contributed by atoms with Crippen molar-refractivity contribution in [2.24, 2.45) is 0 Å². The molecule has 0 saturated heterocycles. The molecule has 0 aliphatic carbocycles. The zero-order valence-corrected chi connectivity index (χ0v) is 10.9. The Hall–Kier alpha value is 0.416. The van der Waals surface area contributed by atoms with Crippen molar-refractivity contribution in [3.63, 3.8) is 0 Å². The van der Waals surface area contributed by atoms with Crippen LogP contribution in [0.15, 0.2) is 0 Å². The normalized spacial score (nSPS) is 18.1. The maximum absolute atomic E-state index is 10.1. The van der Waals surface area contributed by atoms with Gasteiger partial charge in [-0.3, -0.25) is 0 Å². The Morgan fingerprint density at radius 1 is 0.933 bits per heavy atom. The molecule has 0 amide bonds. The molecule has 0 fully saturated rings. The van der Waals surface area contributed by atoms with Crippen LogP contribution >= 0.6 is 0 Å². The second kappa shape index (κ2) is 7.65. The molecule has 0 aliphatic rings. The van der Waals surface area contributed by atoms with Gasteiger partial charge in [0.05, 0.1) is 5.97 Å². The molecule has 0 saturated carbocycles. The summed E-state index contributed by atoms with van der Waals surface area (Å²) in [7, 11) is 0. The number of aliphatic carboxylic acids is 2. The number of rotatable bonds is 5. The number of carboxylic acids is 2. The van der Waals surface area contributed by atoms with Crippen LogP contribution in [0.5, 0.6) is 0 Å². The van der Waals surface area contributed by atoms with Gasteiger partial charge in [-0.2, -0.15) is 0 Å². The molecular formula is C6H9KO8. The molecule has 9 heteroatoms. The molecule has 82 valence electrons. The average Bonchev–Trinajstić information content (AvgIpc) is 2.12. The van der Waals surface area contributed by atoms with Crippen LogP contribution in [0.25, 0.3) is 0 Å². The Morgan fingerprint density at radius 2 is 1.27 bits per heavy atom. The third-order valence-electron chi connectivity index (χ3n) is 1.49. The van der Waals surface area contributed by atoms with Gasteiger partial charge < -0.3 is 35.4 Å². The van der Waals surface area contributed by atoms with Gasteiger partial charge in [-0.15, -0.1) is 0 Å². The van der Waals surface area contributed by atoms with Gasteiger partial charge >= 0.3 is 57.4 Å². The van der Waals surface area contributed by atoms with Crippen molar-refractivity contribution in [3.8, 4) is 0 Å². The molecule has 0 aromatic carbocycles. The number of hydrogen-bond donors (Lipinski definition) is 5. The van der Waals surface area contributed by atoms with Crippen molar-refractivity contribution in [1.29, 1.82) is 0 Å². The van der Waals surface area contributed by atoms with E-state index in [-0.39, 0.29) is 51.4 Å². The second-order valence-electron chi connectivity index (χ2n) is 2.53. The van der Waals surface area contributed by atoms with Crippen LogP contribution in [0.2, 0.25) is 0 Å². The van der Waals surface area contributed by atoms with E-state index in [9.17, 15) is 14.7 Å². The maximum atomic E-state index is 10.1. The Bertz CT molecular complexity index is 207. The summed E-state index contributed by atoms with van der Waals surface area (Å²) in [6, 6.07) is 0. The van der Waals surface area contributed by atoms with Crippen molar-refractivity contribution in [2.75, 3.05) is 0 Å². The van der Waals surface area contributed by atoms with Crippen LogP contribution in [0.3, 0.4) is 0 Å². The average molecular weight is 249 g/mol. The van der Waals surface area contributed by atoms with Gasteiger partial charge in [-0.05, 0) is 0 Å². The molecule has 0 heterocycles. The number of carbonyl (C=O) groups is 2. The Labute approximate surface area is 127 Å². The summed E-state index contributed by atoms with van der Waals surface area (Å²) >= 11 is 0. The first-order valence-electron chi connectivity index (χ1n) is 3.45. The summed E-state index contributed by atoms with van der Waals surface area (Å²) in [5, 5.41) is 53.1. The molecule has 0 aromatic heterocycles. The number of carbonyl (C=O) groups excluding carboxylic acids is 1. The molecule has 4 atom stereocenters. The van der Waals surface area contributed by atoms with Gasteiger partial charge in [0, 0.05) is 0 Å². The van der Waals surface area contributed by atoms with E-state index in [1.807, 2.05) is 0 Å². The van der Waals surface area contributed by atoms with Gasteiger partial charge in [-0.1, -0.05) is 0 Å². The van der Waals surface area contributed by atoms with Gasteiger partial charge in [0.2, 0.25) is 0 Å². The molecule has 0 aliphatic heterocycles. The van der Waals surface area contributed by atoms with Crippen molar-refractivity contribution >= 4 is 11.9 Å². The third kappa shape index (κ3) is 5.33. The van der Waals surface area contributed by atoms with E-state index >= 15 is 0 Å². The largest absolute Gasteiger partial charge is 1.00 e. The van der Waals surface area contributed by atoms with Crippen LogP contribution in [-0.2, 0) is 9.59 Å². The zero-order chi connectivity index (χ0) is 11.5. The van der Waals surface area contributed by atoms with E-state index in [1.54, 1.807) is 0 Å². The molecule has 0 bridgehead atoms. The second-order valence-corrected chi connectivity index (χ2v) is 2.53. The quantitative estimate of drug-likeness (QED) is 0.237. The van der Waals surface area contributed by atoms with Gasteiger partial charge in [0.25, 0.3) is 0 Å². The van der Waals surface area contributed by atoms with Crippen LogP contribution < -0.4 is 56.5 Å². The predicted octanol–water partition coefficient (Wildman–Crippen LogP) is -7.73. The number of aliphatic hydroxyl groups is 4. The van der Waals surface area contributed by atoms with Gasteiger partial charge in [0.15, 0.2) is 6.10 Å². The van der Waals surface area contributed by atoms with E-state index in [0.717, 1.165) is 0 Å². The minimum absolute atomic E-state index is 0. The van der Waals surface area contributed by atoms with Gasteiger partial charge in [0.1, 0.15) is 18.3 Å². The summed E-state index contributed by atoms with van der Waals surface area (Å²) in [6.07, 6.45) is -9.52. The van der Waals surface area contributed by atoms with Crippen LogP contribution in [0.4, 0.5) is 0 Å². The minimum Gasteiger partial charge on any atom is -0.547 e. The molecule has 0 rings (SSSR count). The molecular weight excluding hydrogens is 240 g/mol. The Kier molecular flexibility index (Phi) is 9.08. The van der Waals surface area contributed by atoms with Crippen molar-refractivity contribution in [3.05, 3.63) is 0 Å². The topological polar surface area (TPSA) is 158 Å². The molecule has 0 aromatic rings. The van der Waals surface area contributed by atoms with E-state index in [1.165, 1.54) is 0 Å². The minimum atomic E-state index is -2.47. The van der Waals surface area contributed by atoms with Crippen LogP contribution in [0.1, 0.15) is 0 Å². The first kappa shape index (κ1) is 17.8. The summed E-state index contributed by atoms with van der Waals surface area (Å²) in [5.41, 5.74) is 0. The van der Waals surface area contributed by atoms with E-state index < -0.39 is 36.4 Å². The first-order chi connectivity index (χ1) is 6.29. The molecule has 5 N–H and O–H groups in total. The molecule has 0 radical (unpaired) electrons. The number of aliphatic hydroxyl groups excluding tert-OH is 4. The van der Waals surface area contributed by atoms with Crippen molar-refractivity contribution < 1.29 is 91.6 Å². The molecule has 15 heavy (non-hydrogen) atoms. The van der Waals surface area contributed by atoms with Crippen LogP contribution in [-0.4, -0.2) is 61.9 Å². The van der Waals surface area contributed by atoms with E-state index in [4.69, 9.17) is 25.5 Å². The smallest absolute Gasteiger partial charge is 0.547 e. The predicted molar refractivity (Wildman–Crippen MR) is 36.7 cm³/mol. The van der Waals surface area contributed by atoms with E-state index in [2.05, 4.69) is 0 Å². The van der Waals surface area contributed by atoms with Crippen molar-refractivity contribution in [2.45, 2.75) is 24.4 Å². The fourth-order valence-electron chi connectivity index (χ4n) is 0.659. The number of hydrogen-bond acceptors (Lipinski definition) is 7. The summed E-state index contributed by atoms with van der Waals surface area (Å²) in [4.78, 5) is 20.0. The van der Waals surface area contributed by atoms with Crippen molar-refractivity contribution in [1.82, 2.24) is 0 Å². The Morgan fingerprint density at radius 3 is 1.53 bits per heavy atom. The monoisotopic (exact) mass is 249 g/mol.